The van der Waals surface area contributed by atoms with E-state index >= 15 is 0 Å². The monoisotopic (exact) mass is 924 g/mol. The quantitative estimate of drug-likeness (QED) is 0.126. The van der Waals surface area contributed by atoms with Crippen molar-refractivity contribution in [2.75, 3.05) is 9.80 Å². The van der Waals surface area contributed by atoms with Crippen LogP contribution in [0.4, 0.5) is 34.1 Å². The standard InChI is InChI=1S/C70H56N2/c1-45-23-31-57(32-24-45)71(59-41-53(61-19-11-7-15-47(61)3)39-54(42-59)62-20-12-8-16-48(62)4)67-37-29-51-28-36-66-68(38-30-52-27-35-65(67)69(51)70(52)66)72(58-33-25-46(2)26-34-58)60-43-55(63-21-13-9-17-49(63)5)40-56(44-60)64-22-14-10-18-50(64)6/h7-44H,1-6H3. The number of rotatable bonds is 10. The van der Waals surface area contributed by atoms with Crippen LogP contribution in [0, 0.1) is 41.5 Å². The third kappa shape index (κ3) is 7.96. The molecule has 12 rings (SSSR count). The molecule has 2 nitrogen and oxygen atoms in total. The number of hydrogen-bond donors (Lipinski definition) is 0. The second-order valence-electron chi connectivity index (χ2n) is 19.7. The van der Waals surface area contributed by atoms with E-state index in [2.05, 4.69) is 282 Å². The van der Waals surface area contributed by atoms with Crippen molar-refractivity contribution in [3.8, 4) is 44.5 Å². The maximum Gasteiger partial charge on any atom is 0.0540 e. The zero-order chi connectivity index (χ0) is 49.0. The SMILES string of the molecule is Cc1ccc(N(c2cc(-c3ccccc3C)cc(-c3ccccc3C)c2)c2ccc3ccc4c(N(c5ccc(C)cc5)c5cc(-c6ccccc6C)cc(-c6ccccc6C)c5)ccc5ccc2c3c54)cc1. The molecule has 72 heavy (non-hydrogen) atoms. The van der Waals surface area contributed by atoms with Gasteiger partial charge in [-0.1, -0.05) is 169 Å². The summed E-state index contributed by atoms with van der Waals surface area (Å²) >= 11 is 0. The van der Waals surface area contributed by atoms with Gasteiger partial charge in [0.25, 0.3) is 0 Å². The van der Waals surface area contributed by atoms with Crippen LogP contribution in [0.3, 0.4) is 0 Å². The van der Waals surface area contributed by atoms with Crippen molar-refractivity contribution in [1.82, 2.24) is 0 Å². The molecule has 346 valence electrons. The Hall–Kier alpha value is -8.72. The average molecular weight is 925 g/mol. The molecule has 0 radical (unpaired) electrons. The zero-order valence-corrected chi connectivity index (χ0v) is 41.8. The Labute approximate surface area is 424 Å². The van der Waals surface area contributed by atoms with Crippen LogP contribution >= 0.6 is 0 Å². The highest BCUT2D eigenvalue weighted by atomic mass is 15.1. The summed E-state index contributed by atoms with van der Waals surface area (Å²) in [6.07, 6.45) is 0. The van der Waals surface area contributed by atoms with E-state index in [0.717, 1.165) is 34.1 Å². The maximum absolute atomic E-state index is 2.48. The first-order valence-electron chi connectivity index (χ1n) is 25.2. The molecule has 0 N–H and O–H groups in total. The smallest absolute Gasteiger partial charge is 0.0540 e. The molecule has 0 saturated carbocycles. The van der Waals surface area contributed by atoms with E-state index in [1.165, 1.54) is 110 Å². The van der Waals surface area contributed by atoms with Gasteiger partial charge in [0.15, 0.2) is 0 Å². The molecular formula is C70H56N2. The van der Waals surface area contributed by atoms with Gasteiger partial charge in [-0.15, -0.1) is 0 Å². The van der Waals surface area contributed by atoms with Crippen molar-refractivity contribution in [2.24, 2.45) is 0 Å². The molecule has 0 aliphatic rings. The molecule has 0 unspecified atom stereocenters. The lowest BCUT2D eigenvalue weighted by atomic mass is 9.90. The first kappa shape index (κ1) is 44.5. The minimum Gasteiger partial charge on any atom is -0.310 e. The summed E-state index contributed by atoms with van der Waals surface area (Å²) in [6, 6.07) is 86.0. The summed E-state index contributed by atoms with van der Waals surface area (Å²) in [6.45, 7) is 13.2. The second kappa shape index (κ2) is 18.2. The average Bonchev–Trinajstić information content (AvgIpc) is 3.40. The van der Waals surface area contributed by atoms with E-state index in [9.17, 15) is 0 Å². The molecule has 0 fully saturated rings. The Morgan fingerprint density at radius 3 is 0.847 bits per heavy atom. The van der Waals surface area contributed by atoms with Crippen LogP contribution < -0.4 is 9.80 Å². The van der Waals surface area contributed by atoms with Crippen molar-refractivity contribution in [1.29, 1.82) is 0 Å². The molecule has 0 atom stereocenters. The van der Waals surface area contributed by atoms with Gasteiger partial charge >= 0.3 is 0 Å². The largest absolute Gasteiger partial charge is 0.310 e. The van der Waals surface area contributed by atoms with Crippen LogP contribution in [0.15, 0.2) is 231 Å². The highest BCUT2D eigenvalue weighted by Crippen LogP contribution is 2.49. The fraction of sp³-hybridized carbons (Fsp3) is 0.0857. The maximum atomic E-state index is 2.48. The number of hydrogen-bond acceptors (Lipinski definition) is 2. The van der Waals surface area contributed by atoms with Gasteiger partial charge in [0.2, 0.25) is 0 Å². The molecule has 0 amide bonds. The topological polar surface area (TPSA) is 6.48 Å². The number of benzene rings is 12. The molecule has 2 heteroatoms. The van der Waals surface area contributed by atoms with Crippen molar-refractivity contribution >= 4 is 66.4 Å². The Bertz CT molecular complexity index is 3600. The van der Waals surface area contributed by atoms with Crippen LogP contribution in [0.25, 0.3) is 76.8 Å². The molecule has 12 aromatic carbocycles. The number of nitrogens with zero attached hydrogens (tertiary/aromatic N) is 2. The van der Waals surface area contributed by atoms with Gasteiger partial charge < -0.3 is 9.80 Å². The van der Waals surface area contributed by atoms with Gasteiger partial charge in [-0.3, -0.25) is 0 Å². The predicted octanol–water partition coefficient (Wildman–Crippen LogP) is 20.0. The fourth-order valence-electron chi connectivity index (χ4n) is 11.1. The third-order valence-corrected chi connectivity index (χ3v) is 14.9. The normalized spacial score (nSPS) is 11.5. The second-order valence-corrected chi connectivity index (χ2v) is 19.7. The summed E-state index contributed by atoms with van der Waals surface area (Å²) in [5, 5.41) is 7.35. The Balaban J connectivity index is 1.11. The van der Waals surface area contributed by atoms with Crippen LogP contribution in [0.2, 0.25) is 0 Å². The fourth-order valence-corrected chi connectivity index (χ4v) is 11.1. The first-order valence-corrected chi connectivity index (χ1v) is 25.2. The van der Waals surface area contributed by atoms with E-state index in [1.807, 2.05) is 0 Å². The molecule has 0 aliphatic carbocycles. The number of anilines is 6. The zero-order valence-electron chi connectivity index (χ0n) is 41.8. The van der Waals surface area contributed by atoms with Crippen LogP contribution in [0.5, 0.6) is 0 Å². The molecule has 0 aromatic heterocycles. The summed E-state index contributed by atoms with van der Waals surface area (Å²) in [5.41, 5.74) is 23.8. The molecular weight excluding hydrogens is 869 g/mol. The van der Waals surface area contributed by atoms with Crippen LogP contribution in [-0.2, 0) is 0 Å². The van der Waals surface area contributed by atoms with Crippen LogP contribution in [0.1, 0.15) is 33.4 Å². The molecule has 0 aliphatic heterocycles. The summed E-state index contributed by atoms with van der Waals surface area (Å²) in [7, 11) is 0. The third-order valence-electron chi connectivity index (χ3n) is 14.9. The van der Waals surface area contributed by atoms with Crippen molar-refractivity contribution in [2.45, 2.75) is 41.5 Å². The van der Waals surface area contributed by atoms with Gasteiger partial charge in [-0.05, 0) is 203 Å². The lowest BCUT2D eigenvalue weighted by molar-refractivity contribution is 1.28. The summed E-state index contributed by atoms with van der Waals surface area (Å²) in [5.74, 6) is 0. The summed E-state index contributed by atoms with van der Waals surface area (Å²) in [4.78, 5) is 4.97. The first-order chi connectivity index (χ1) is 35.2. The van der Waals surface area contributed by atoms with Gasteiger partial charge in [-0.25, -0.2) is 0 Å². The molecule has 0 saturated heterocycles. The highest BCUT2D eigenvalue weighted by molar-refractivity contribution is 6.28. The summed E-state index contributed by atoms with van der Waals surface area (Å²) < 4.78 is 0. The van der Waals surface area contributed by atoms with Gasteiger partial charge in [0.1, 0.15) is 0 Å². The molecule has 12 aromatic rings. The lowest BCUT2D eigenvalue weighted by Crippen LogP contribution is -2.12. The Morgan fingerprint density at radius 2 is 0.542 bits per heavy atom. The Morgan fingerprint density at radius 1 is 0.250 bits per heavy atom. The van der Waals surface area contributed by atoms with Crippen molar-refractivity contribution < 1.29 is 0 Å². The van der Waals surface area contributed by atoms with Crippen molar-refractivity contribution in [3.63, 3.8) is 0 Å². The molecule has 0 spiro atoms. The predicted molar refractivity (Wildman–Crippen MR) is 310 cm³/mol. The van der Waals surface area contributed by atoms with E-state index in [4.69, 9.17) is 0 Å². The van der Waals surface area contributed by atoms with Gasteiger partial charge in [0, 0.05) is 33.5 Å². The van der Waals surface area contributed by atoms with E-state index in [0.29, 0.717) is 0 Å². The minimum absolute atomic E-state index is 1.11. The molecule has 0 bridgehead atoms. The van der Waals surface area contributed by atoms with E-state index in [-0.39, 0.29) is 0 Å². The molecule has 0 heterocycles. The van der Waals surface area contributed by atoms with E-state index < -0.39 is 0 Å². The van der Waals surface area contributed by atoms with E-state index in [1.54, 1.807) is 0 Å². The lowest BCUT2D eigenvalue weighted by Gasteiger charge is -2.30. The minimum atomic E-state index is 1.11. The van der Waals surface area contributed by atoms with Crippen LogP contribution in [-0.4, -0.2) is 0 Å². The number of aryl methyl sites for hydroxylation is 6. The Kier molecular flexibility index (Phi) is 11.3. The van der Waals surface area contributed by atoms with Gasteiger partial charge in [-0.2, -0.15) is 0 Å². The van der Waals surface area contributed by atoms with Gasteiger partial charge in [0.05, 0.1) is 11.4 Å². The van der Waals surface area contributed by atoms with Crippen molar-refractivity contribution in [3.05, 3.63) is 264 Å². The highest BCUT2D eigenvalue weighted by Gasteiger charge is 2.24.